The van der Waals surface area contributed by atoms with E-state index in [-0.39, 0.29) is 6.04 Å². The molecule has 0 amide bonds. The molecule has 0 aliphatic heterocycles. The van der Waals surface area contributed by atoms with E-state index in [1.807, 2.05) is 24.4 Å². The lowest BCUT2D eigenvalue weighted by atomic mass is 10.1. The molecule has 1 unspecified atom stereocenters. The van der Waals surface area contributed by atoms with Crippen molar-refractivity contribution in [3.63, 3.8) is 0 Å². The van der Waals surface area contributed by atoms with Gasteiger partial charge in [-0.05, 0) is 25.1 Å². The number of nitrogens with zero attached hydrogens (tertiary/aromatic N) is 2. The van der Waals surface area contributed by atoms with Gasteiger partial charge in [0.15, 0.2) is 5.13 Å². The van der Waals surface area contributed by atoms with Crippen LogP contribution in [0.15, 0.2) is 30.5 Å². The molecule has 0 aliphatic carbocycles. The average Bonchev–Trinajstić information content (AvgIpc) is 2.93. The van der Waals surface area contributed by atoms with Gasteiger partial charge in [0.1, 0.15) is 0 Å². The third kappa shape index (κ3) is 3.51. The van der Waals surface area contributed by atoms with Crippen LogP contribution in [0.4, 0.5) is 5.13 Å². The first kappa shape index (κ1) is 15.3. The van der Waals surface area contributed by atoms with Crippen molar-refractivity contribution in [2.45, 2.75) is 26.4 Å². The molecule has 1 aromatic carbocycles. The predicted octanol–water partition coefficient (Wildman–Crippen LogP) is 4.10. The number of aromatic nitrogens is 1. The number of nitrogens with one attached hydrogen (secondary N) is 1. The predicted molar refractivity (Wildman–Crippen MR) is 87.8 cm³/mol. The van der Waals surface area contributed by atoms with Crippen molar-refractivity contribution in [3.05, 3.63) is 45.9 Å². The van der Waals surface area contributed by atoms with Gasteiger partial charge in [-0.25, -0.2) is 4.98 Å². The van der Waals surface area contributed by atoms with E-state index in [2.05, 4.69) is 42.2 Å². The molecule has 0 bridgehead atoms. The van der Waals surface area contributed by atoms with E-state index >= 15 is 0 Å². The van der Waals surface area contributed by atoms with Gasteiger partial charge in [-0.1, -0.05) is 36.7 Å². The fourth-order valence-corrected chi connectivity index (χ4v) is 3.19. The minimum Gasteiger partial charge on any atom is -0.344 e. The summed E-state index contributed by atoms with van der Waals surface area (Å²) in [6.07, 6.45) is 1.94. The second kappa shape index (κ2) is 7.07. The van der Waals surface area contributed by atoms with E-state index in [1.165, 1.54) is 4.88 Å². The number of thiazole rings is 1. The van der Waals surface area contributed by atoms with E-state index in [0.29, 0.717) is 0 Å². The van der Waals surface area contributed by atoms with Crippen molar-refractivity contribution < 1.29 is 0 Å². The molecule has 0 aliphatic rings. The van der Waals surface area contributed by atoms with Crippen molar-refractivity contribution in [3.8, 4) is 0 Å². The van der Waals surface area contributed by atoms with E-state index in [9.17, 15) is 0 Å². The molecule has 1 atom stereocenters. The second-order valence-corrected chi connectivity index (χ2v) is 6.20. The van der Waals surface area contributed by atoms with Crippen LogP contribution in [0, 0.1) is 0 Å². The Bertz CT molecular complexity index is 556. The van der Waals surface area contributed by atoms with Crippen LogP contribution in [0.5, 0.6) is 0 Å². The van der Waals surface area contributed by atoms with Crippen molar-refractivity contribution in [1.82, 2.24) is 10.3 Å². The maximum absolute atomic E-state index is 6.27. The molecular formula is C15H20ClN3S. The molecule has 1 heterocycles. The van der Waals surface area contributed by atoms with Gasteiger partial charge in [-0.15, -0.1) is 11.3 Å². The molecule has 0 spiro atoms. The zero-order chi connectivity index (χ0) is 14.5. The van der Waals surface area contributed by atoms with Crippen molar-refractivity contribution in [2.75, 3.05) is 18.5 Å². The topological polar surface area (TPSA) is 28.2 Å². The molecule has 0 saturated carbocycles. The molecule has 3 nitrogen and oxygen atoms in total. The molecule has 5 heteroatoms. The lowest BCUT2D eigenvalue weighted by Crippen LogP contribution is -2.21. The van der Waals surface area contributed by atoms with Crippen LogP contribution >= 0.6 is 22.9 Å². The quantitative estimate of drug-likeness (QED) is 0.870. The van der Waals surface area contributed by atoms with Crippen molar-refractivity contribution in [2.24, 2.45) is 0 Å². The summed E-state index contributed by atoms with van der Waals surface area (Å²) in [7, 11) is 2.06. The van der Waals surface area contributed by atoms with E-state index in [1.54, 1.807) is 11.3 Å². The smallest absolute Gasteiger partial charge is 0.185 e. The number of halogens is 1. The van der Waals surface area contributed by atoms with Crippen LogP contribution in [0.1, 0.15) is 30.3 Å². The zero-order valence-electron chi connectivity index (χ0n) is 12.1. The Hall–Kier alpha value is -1.10. The Balaban J connectivity index is 2.12. The molecule has 2 aromatic rings. The van der Waals surface area contributed by atoms with E-state index in [4.69, 9.17) is 11.6 Å². The Kier molecular flexibility index (Phi) is 5.40. The van der Waals surface area contributed by atoms with Crippen LogP contribution in [0.2, 0.25) is 5.02 Å². The second-order valence-electron chi connectivity index (χ2n) is 4.70. The average molecular weight is 310 g/mol. The van der Waals surface area contributed by atoms with Gasteiger partial charge in [0.2, 0.25) is 0 Å². The highest BCUT2D eigenvalue weighted by Crippen LogP contribution is 2.32. The molecule has 1 aromatic heterocycles. The fourth-order valence-electron chi connectivity index (χ4n) is 1.98. The lowest BCUT2D eigenvalue weighted by molar-refractivity contribution is 0.733. The normalized spacial score (nSPS) is 12.4. The number of hydrogen-bond acceptors (Lipinski definition) is 4. The largest absolute Gasteiger partial charge is 0.344 e. The summed E-state index contributed by atoms with van der Waals surface area (Å²) >= 11 is 7.99. The summed E-state index contributed by atoms with van der Waals surface area (Å²) in [6, 6.07) is 8.17. The highest BCUT2D eigenvalue weighted by Gasteiger charge is 2.17. The first-order chi connectivity index (χ1) is 9.63. The molecule has 108 valence electrons. The van der Waals surface area contributed by atoms with Gasteiger partial charge in [0.05, 0.1) is 6.04 Å². The molecule has 0 saturated heterocycles. The highest BCUT2D eigenvalue weighted by atomic mass is 35.5. The molecule has 0 fully saturated rings. The van der Waals surface area contributed by atoms with Crippen LogP contribution < -0.4 is 10.2 Å². The Labute approximate surface area is 129 Å². The molecule has 20 heavy (non-hydrogen) atoms. The minimum absolute atomic E-state index is 0.196. The molecular weight excluding hydrogens is 290 g/mol. The summed E-state index contributed by atoms with van der Waals surface area (Å²) in [4.78, 5) is 7.92. The van der Waals surface area contributed by atoms with Gasteiger partial charge in [-0.2, -0.15) is 0 Å². The maximum atomic E-state index is 6.27. The Morgan fingerprint density at radius 1 is 1.40 bits per heavy atom. The standard InChI is InChI=1S/C15H20ClN3S/c1-4-17-9-12-10-18-15(20-12)19(3)11(2)13-7-5-6-8-14(13)16/h5-8,10-11,17H,4,9H2,1-3H3. The van der Waals surface area contributed by atoms with Gasteiger partial charge in [0, 0.05) is 29.7 Å². The first-order valence-electron chi connectivity index (χ1n) is 6.76. The Morgan fingerprint density at radius 2 is 2.15 bits per heavy atom. The first-order valence-corrected chi connectivity index (χ1v) is 7.95. The van der Waals surface area contributed by atoms with E-state index < -0.39 is 0 Å². The number of benzene rings is 1. The van der Waals surface area contributed by atoms with Crippen LogP contribution in [-0.4, -0.2) is 18.6 Å². The Morgan fingerprint density at radius 3 is 2.85 bits per heavy atom. The monoisotopic (exact) mass is 309 g/mol. The van der Waals surface area contributed by atoms with Crippen molar-refractivity contribution in [1.29, 1.82) is 0 Å². The van der Waals surface area contributed by atoms with Crippen LogP contribution in [0.25, 0.3) is 0 Å². The summed E-state index contributed by atoms with van der Waals surface area (Å²) in [6.45, 7) is 6.10. The zero-order valence-corrected chi connectivity index (χ0v) is 13.6. The number of hydrogen-bond donors (Lipinski definition) is 1. The SMILES string of the molecule is CCNCc1cnc(N(C)C(C)c2ccccc2Cl)s1. The molecule has 1 N–H and O–H groups in total. The summed E-state index contributed by atoms with van der Waals surface area (Å²) < 4.78 is 0. The minimum atomic E-state index is 0.196. The number of anilines is 1. The lowest BCUT2D eigenvalue weighted by Gasteiger charge is -2.25. The van der Waals surface area contributed by atoms with Gasteiger partial charge < -0.3 is 10.2 Å². The third-order valence-corrected chi connectivity index (χ3v) is 4.76. The van der Waals surface area contributed by atoms with E-state index in [0.717, 1.165) is 28.8 Å². The summed E-state index contributed by atoms with van der Waals surface area (Å²) in [5.41, 5.74) is 1.13. The highest BCUT2D eigenvalue weighted by molar-refractivity contribution is 7.15. The van der Waals surface area contributed by atoms with Gasteiger partial charge in [-0.3, -0.25) is 0 Å². The fraction of sp³-hybridized carbons (Fsp3) is 0.400. The third-order valence-electron chi connectivity index (χ3n) is 3.33. The summed E-state index contributed by atoms with van der Waals surface area (Å²) in [5, 5.41) is 5.14. The molecule has 2 rings (SSSR count). The van der Waals surface area contributed by atoms with Gasteiger partial charge >= 0.3 is 0 Å². The van der Waals surface area contributed by atoms with Crippen LogP contribution in [0.3, 0.4) is 0 Å². The number of rotatable bonds is 6. The maximum Gasteiger partial charge on any atom is 0.185 e. The van der Waals surface area contributed by atoms with Crippen LogP contribution in [-0.2, 0) is 6.54 Å². The van der Waals surface area contributed by atoms with Gasteiger partial charge in [0.25, 0.3) is 0 Å². The molecule has 0 radical (unpaired) electrons. The summed E-state index contributed by atoms with van der Waals surface area (Å²) in [5.74, 6) is 0. The van der Waals surface area contributed by atoms with Crippen molar-refractivity contribution >= 4 is 28.1 Å².